The summed E-state index contributed by atoms with van der Waals surface area (Å²) in [7, 11) is 0. The van der Waals surface area contributed by atoms with Crippen LogP contribution in [0.1, 0.15) is 19.0 Å². The van der Waals surface area contributed by atoms with Crippen molar-refractivity contribution in [3.05, 3.63) is 17.8 Å². The summed E-state index contributed by atoms with van der Waals surface area (Å²) in [5.74, 6) is 1.47. The van der Waals surface area contributed by atoms with Crippen molar-refractivity contribution in [2.75, 3.05) is 26.2 Å². The largest absolute Gasteiger partial charge is 0.387 e. The molecule has 7 nitrogen and oxygen atoms in total. The normalized spacial score (nSPS) is 16.9. The van der Waals surface area contributed by atoms with Gasteiger partial charge < -0.3 is 16.0 Å². The molecule has 1 aromatic heterocycles. The third-order valence-corrected chi connectivity index (χ3v) is 3.04. The molecule has 1 aromatic rings. The van der Waals surface area contributed by atoms with E-state index in [4.69, 9.17) is 11.1 Å². The fourth-order valence-corrected chi connectivity index (χ4v) is 2.05. The number of aromatic nitrogens is 2. The number of nitrogens with one attached hydrogen (secondary N) is 3. The van der Waals surface area contributed by atoms with E-state index < -0.39 is 0 Å². The molecule has 2 rings (SSSR count). The monoisotopic (exact) mass is 275 g/mol. The maximum Gasteiger partial charge on any atom is 0.175 e. The van der Waals surface area contributed by atoms with Crippen LogP contribution < -0.4 is 11.1 Å². The van der Waals surface area contributed by atoms with E-state index in [9.17, 15) is 0 Å². The number of H-pyrrole nitrogens is 1. The van der Waals surface area contributed by atoms with Gasteiger partial charge in [0.2, 0.25) is 0 Å². The summed E-state index contributed by atoms with van der Waals surface area (Å²) in [4.78, 5) is 6.25. The van der Waals surface area contributed by atoms with Crippen molar-refractivity contribution >= 4 is 23.6 Å². The lowest BCUT2D eigenvalue weighted by Crippen LogP contribution is -2.47. The lowest BCUT2D eigenvalue weighted by molar-refractivity contribution is 0.352. The summed E-state index contributed by atoms with van der Waals surface area (Å²) in [5, 5.41) is 18.2. The molecule has 1 aliphatic heterocycles. The molecule has 7 heteroatoms. The summed E-state index contributed by atoms with van der Waals surface area (Å²) < 4.78 is 0. The molecule has 0 spiro atoms. The maximum absolute atomic E-state index is 8.05. The second-order valence-corrected chi connectivity index (χ2v) is 4.65. The van der Waals surface area contributed by atoms with Crippen molar-refractivity contribution in [1.82, 2.24) is 20.4 Å². The molecule has 0 unspecified atom stereocenters. The molecule has 0 saturated carbocycles. The molecular weight excluding hydrogens is 254 g/mol. The molecule has 0 radical (unpaired) electrons. The number of aromatic amines is 1. The predicted molar refractivity (Wildman–Crippen MR) is 81.4 cm³/mol. The Balaban J connectivity index is 1.93. The van der Waals surface area contributed by atoms with Crippen LogP contribution in [0.5, 0.6) is 0 Å². The second-order valence-electron chi connectivity index (χ2n) is 4.65. The van der Waals surface area contributed by atoms with E-state index in [2.05, 4.69) is 20.5 Å². The molecule has 1 fully saturated rings. The first-order valence-electron chi connectivity index (χ1n) is 6.73. The standard InChI is InChI=1S/C13H21N7/c1-2-3-10-8-13(19-18-10)17-11(14)9-12(15)20-6-4-16-5-7-20/h2-3,8,15-16H,4-7,9H2,1H3,(H3,14,17,18,19)/b3-2+,15-12?. The Morgan fingerprint density at radius 3 is 3.00 bits per heavy atom. The Bertz CT molecular complexity index is 509. The third-order valence-electron chi connectivity index (χ3n) is 3.04. The van der Waals surface area contributed by atoms with Crippen LogP contribution >= 0.6 is 0 Å². The molecule has 108 valence electrons. The number of amidine groups is 2. The number of aliphatic imine (C=N–C) groups is 1. The second kappa shape index (κ2) is 6.85. The van der Waals surface area contributed by atoms with Crippen molar-refractivity contribution in [1.29, 1.82) is 5.41 Å². The van der Waals surface area contributed by atoms with Gasteiger partial charge in [0.25, 0.3) is 0 Å². The Hall–Kier alpha value is -2.15. The zero-order valence-corrected chi connectivity index (χ0v) is 11.7. The molecule has 1 aliphatic rings. The number of hydrogen-bond donors (Lipinski definition) is 4. The lowest BCUT2D eigenvalue weighted by atomic mass is 10.3. The lowest BCUT2D eigenvalue weighted by Gasteiger charge is -2.29. The summed E-state index contributed by atoms with van der Waals surface area (Å²) >= 11 is 0. The van der Waals surface area contributed by atoms with Crippen LogP contribution in [0, 0.1) is 5.41 Å². The number of allylic oxidation sites excluding steroid dienone is 1. The highest BCUT2D eigenvalue weighted by molar-refractivity contribution is 6.01. The average molecular weight is 275 g/mol. The Morgan fingerprint density at radius 2 is 2.30 bits per heavy atom. The van der Waals surface area contributed by atoms with Gasteiger partial charge in [-0.2, -0.15) is 5.10 Å². The molecule has 0 bridgehead atoms. The van der Waals surface area contributed by atoms with E-state index in [0.29, 0.717) is 23.9 Å². The molecule has 1 saturated heterocycles. The third kappa shape index (κ3) is 3.92. The molecule has 5 N–H and O–H groups in total. The summed E-state index contributed by atoms with van der Waals surface area (Å²) in [6.07, 6.45) is 4.18. The smallest absolute Gasteiger partial charge is 0.175 e. The molecule has 0 aliphatic carbocycles. The van der Waals surface area contributed by atoms with Crippen molar-refractivity contribution < 1.29 is 0 Å². The quantitative estimate of drug-likeness (QED) is 0.479. The highest BCUT2D eigenvalue weighted by Gasteiger charge is 2.14. The highest BCUT2D eigenvalue weighted by Crippen LogP contribution is 2.11. The summed E-state index contributed by atoms with van der Waals surface area (Å²) in [6.45, 7) is 5.45. The maximum atomic E-state index is 8.05. The molecule has 0 amide bonds. The van der Waals surface area contributed by atoms with Gasteiger partial charge >= 0.3 is 0 Å². The van der Waals surface area contributed by atoms with Gasteiger partial charge in [-0.25, -0.2) is 4.99 Å². The van der Waals surface area contributed by atoms with Gasteiger partial charge in [-0.3, -0.25) is 10.5 Å². The fraction of sp³-hybridized carbons (Fsp3) is 0.462. The van der Waals surface area contributed by atoms with E-state index in [0.717, 1.165) is 31.9 Å². The van der Waals surface area contributed by atoms with Crippen molar-refractivity contribution in [2.45, 2.75) is 13.3 Å². The first-order chi connectivity index (χ1) is 9.69. The fourth-order valence-electron chi connectivity index (χ4n) is 2.05. The van der Waals surface area contributed by atoms with E-state index in [1.807, 2.05) is 30.0 Å². The highest BCUT2D eigenvalue weighted by atomic mass is 15.2. The Kier molecular flexibility index (Phi) is 4.89. The van der Waals surface area contributed by atoms with Crippen molar-refractivity contribution in [3.63, 3.8) is 0 Å². The van der Waals surface area contributed by atoms with E-state index in [-0.39, 0.29) is 0 Å². The van der Waals surface area contributed by atoms with Gasteiger partial charge in [0.1, 0.15) is 11.7 Å². The van der Waals surface area contributed by atoms with Crippen molar-refractivity contribution in [2.24, 2.45) is 10.7 Å². The van der Waals surface area contributed by atoms with Crippen LogP contribution in [0.15, 0.2) is 17.1 Å². The number of nitrogens with zero attached hydrogens (tertiary/aromatic N) is 3. The summed E-state index contributed by atoms with van der Waals surface area (Å²) in [5.41, 5.74) is 6.78. The molecule has 20 heavy (non-hydrogen) atoms. The predicted octanol–water partition coefficient (Wildman–Crippen LogP) is 0.704. The van der Waals surface area contributed by atoms with Crippen LogP contribution in [0.25, 0.3) is 6.08 Å². The molecular formula is C13H21N7. The van der Waals surface area contributed by atoms with Gasteiger partial charge in [-0.15, -0.1) is 0 Å². The van der Waals surface area contributed by atoms with E-state index >= 15 is 0 Å². The van der Waals surface area contributed by atoms with Crippen LogP contribution in [-0.4, -0.2) is 52.9 Å². The minimum absolute atomic E-state index is 0.353. The molecule has 0 atom stereocenters. The van der Waals surface area contributed by atoms with Crippen LogP contribution in [0.2, 0.25) is 0 Å². The van der Waals surface area contributed by atoms with E-state index in [1.54, 1.807) is 0 Å². The van der Waals surface area contributed by atoms with Crippen LogP contribution in [0.4, 0.5) is 5.82 Å². The zero-order chi connectivity index (χ0) is 14.4. The topological polar surface area (TPSA) is 106 Å². The Morgan fingerprint density at radius 1 is 1.55 bits per heavy atom. The van der Waals surface area contributed by atoms with Crippen LogP contribution in [0.3, 0.4) is 0 Å². The number of hydrogen-bond acceptors (Lipinski definition) is 4. The van der Waals surface area contributed by atoms with E-state index in [1.165, 1.54) is 0 Å². The molecule has 2 heterocycles. The van der Waals surface area contributed by atoms with Gasteiger partial charge in [-0.1, -0.05) is 6.08 Å². The SMILES string of the molecule is C/C=C/c1cc(N=C(N)CC(=N)N2CCNCC2)n[nH]1. The molecule has 0 aromatic carbocycles. The van der Waals surface area contributed by atoms with Crippen LogP contribution in [-0.2, 0) is 0 Å². The number of nitrogens with two attached hydrogens (primary N) is 1. The van der Waals surface area contributed by atoms with Gasteiger partial charge in [0.05, 0.1) is 12.1 Å². The minimum atomic E-state index is 0.353. The number of rotatable bonds is 4. The van der Waals surface area contributed by atoms with Crippen molar-refractivity contribution in [3.8, 4) is 0 Å². The van der Waals surface area contributed by atoms with Gasteiger partial charge in [-0.05, 0) is 13.0 Å². The van der Waals surface area contributed by atoms with Gasteiger partial charge in [0, 0.05) is 32.2 Å². The first kappa shape index (κ1) is 14.3. The first-order valence-corrected chi connectivity index (χ1v) is 6.73. The Labute approximate surface area is 118 Å². The minimum Gasteiger partial charge on any atom is -0.387 e. The summed E-state index contributed by atoms with van der Waals surface area (Å²) in [6, 6.07) is 1.82. The average Bonchev–Trinajstić information content (AvgIpc) is 2.87. The number of piperazine rings is 1. The zero-order valence-electron chi connectivity index (χ0n) is 11.7. The van der Waals surface area contributed by atoms with Gasteiger partial charge in [0.15, 0.2) is 5.82 Å².